The molecule has 0 aliphatic heterocycles. The molecule has 0 radical (unpaired) electrons. The van der Waals surface area contributed by atoms with Gasteiger partial charge in [0.2, 0.25) is 0 Å². The molecule has 2 rings (SSSR count). The summed E-state index contributed by atoms with van der Waals surface area (Å²) in [4.78, 5) is 15.9. The van der Waals surface area contributed by atoms with Gasteiger partial charge in [0.05, 0.1) is 10.0 Å². The minimum absolute atomic E-state index is 0.0990. The molecule has 1 N–H and O–H groups in total. The third-order valence-electron chi connectivity index (χ3n) is 2.23. The second-order valence-corrected chi connectivity index (χ2v) is 5.70. The highest BCUT2D eigenvalue weighted by molar-refractivity contribution is 9.10. The maximum atomic E-state index is 13.1. The van der Waals surface area contributed by atoms with Gasteiger partial charge in [-0.25, -0.2) is 9.37 Å². The SMILES string of the molecule is O=C(Nc1ccc(F)c(Br)c1)c1cc(Br)cnc1Cl. The third-order valence-corrected chi connectivity index (χ3v) is 3.57. The lowest BCUT2D eigenvalue weighted by atomic mass is 10.2. The lowest BCUT2D eigenvalue weighted by Crippen LogP contribution is -2.13. The molecule has 0 spiro atoms. The largest absolute Gasteiger partial charge is 0.322 e. The summed E-state index contributed by atoms with van der Waals surface area (Å²) in [5, 5.41) is 2.71. The van der Waals surface area contributed by atoms with E-state index in [1.54, 1.807) is 6.07 Å². The van der Waals surface area contributed by atoms with E-state index in [1.807, 2.05) is 0 Å². The van der Waals surface area contributed by atoms with Crippen LogP contribution in [0.25, 0.3) is 0 Å². The second-order valence-electron chi connectivity index (χ2n) is 3.57. The van der Waals surface area contributed by atoms with Crippen molar-refractivity contribution in [3.8, 4) is 0 Å². The molecule has 1 heterocycles. The molecule has 0 unspecified atom stereocenters. The molecule has 0 fully saturated rings. The summed E-state index contributed by atoms with van der Waals surface area (Å²) >= 11 is 12.1. The molecule has 2 aromatic rings. The Bertz CT molecular complexity index is 652. The smallest absolute Gasteiger partial charge is 0.258 e. The first-order chi connectivity index (χ1) is 8.97. The van der Waals surface area contributed by atoms with Crippen LogP contribution in [-0.4, -0.2) is 10.9 Å². The van der Waals surface area contributed by atoms with Crippen molar-refractivity contribution in [3.05, 3.63) is 55.9 Å². The number of nitrogens with zero attached hydrogens (tertiary/aromatic N) is 1. The molecule has 1 aromatic carbocycles. The maximum absolute atomic E-state index is 13.1. The Balaban J connectivity index is 2.25. The predicted octanol–water partition coefficient (Wildman–Crippen LogP) is 4.65. The molecule has 1 amide bonds. The molecule has 7 heteroatoms. The average molecular weight is 408 g/mol. The van der Waals surface area contributed by atoms with Gasteiger partial charge in [-0.2, -0.15) is 0 Å². The van der Waals surface area contributed by atoms with Gasteiger partial charge >= 0.3 is 0 Å². The van der Waals surface area contributed by atoms with Crippen LogP contribution in [-0.2, 0) is 0 Å². The molecule has 0 atom stereocenters. The molecule has 0 aliphatic rings. The number of amides is 1. The molecule has 0 bridgehead atoms. The topological polar surface area (TPSA) is 42.0 Å². The first kappa shape index (κ1) is 14.4. The molecular formula is C12H6Br2ClFN2O. The van der Waals surface area contributed by atoms with Gasteiger partial charge in [0.25, 0.3) is 5.91 Å². The highest BCUT2D eigenvalue weighted by Crippen LogP contribution is 2.22. The van der Waals surface area contributed by atoms with Crippen LogP contribution in [0.5, 0.6) is 0 Å². The van der Waals surface area contributed by atoms with Crippen molar-refractivity contribution in [1.29, 1.82) is 0 Å². The van der Waals surface area contributed by atoms with Crippen molar-refractivity contribution in [2.75, 3.05) is 5.32 Å². The molecule has 0 saturated heterocycles. The molecular weight excluding hydrogens is 402 g/mol. The summed E-state index contributed by atoms with van der Waals surface area (Å²) in [6, 6.07) is 5.73. The minimum Gasteiger partial charge on any atom is -0.322 e. The third kappa shape index (κ3) is 3.52. The van der Waals surface area contributed by atoms with E-state index in [2.05, 4.69) is 42.2 Å². The van der Waals surface area contributed by atoms with Crippen molar-refractivity contribution in [3.63, 3.8) is 0 Å². The fraction of sp³-hybridized carbons (Fsp3) is 0. The van der Waals surface area contributed by atoms with Gasteiger partial charge in [-0.15, -0.1) is 0 Å². The number of nitrogens with one attached hydrogen (secondary N) is 1. The van der Waals surface area contributed by atoms with Gasteiger partial charge in [-0.1, -0.05) is 11.6 Å². The molecule has 0 saturated carbocycles. The Morgan fingerprint density at radius 3 is 2.74 bits per heavy atom. The number of carbonyl (C=O) groups is 1. The van der Waals surface area contributed by atoms with Crippen LogP contribution in [0.15, 0.2) is 39.4 Å². The second kappa shape index (κ2) is 5.98. The van der Waals surface area contributed by atoms with Gasteiger partial charge in [0.15, 0.2) is 0 Å². The monoisotopic (exact) mass is 406 g/mol. The zero-order chi connectivity index (χ0) is 14.0. The Kier molecular flexibility index (Phi) is 4.54. The van der Waals surface area contributed by atoms with E-state index in [0.717, 1.165) is 0 Å². The highest BCUT2D eigenvalue weighted by Gasteiger charge is 2.13. The van der Waals surface area contributed by atoms with Crippen molar-refractivity contribution >= 4 is 55.1 Å². The molecule has 1 aromatic heterocycles. The Hall–Kier alpha value is -0.980. The summed E-state index contributed by atoms with van der Waals surface area (Å²) in [6.07, 6.45) is 1.49. The zero-order valence-corrected chi connectivity index (χ0v) is 13.2. The van der Waals surface area contributed by atoms with E-state index >= 15 is 0 Å². The quantitative estimate of drug-likeness (QED) is 0.735. The van der Waals surface area contributed by atoms with E-state index in [9.17, 15) is 9.18 Å². The Morgan fingerprint density at radius 1 is 1.32 bits per heavy atom. The van der Waals surface area contributed by atoms with Gasteiger partial charge in [0, 0.05) is 16.4 Å². The van der Waals surface area contributed by atoms with E-state index in [1.165, 1.54) is 24.4 Å². The van der Waals surface area contributed by atoms with E-state index in [-0.39, 0.29) is 15.2 Å². The number of anilines is 1. The van der Waals surface area contributed by atoms with Gasteiger partial charge < -0.3 is 5.32 Å². The fourth-order valence-corrected chi connectivity index (χ4v) is 2.25. The van der Waals surface area contributed by atoms with Crippen molar-refractivity contribution in [2.24, 2.45) is 0 Å². The predicted molar refractivity (Wildman–Crippen MR) is 79.0 cm³/mol. The number of hydrogen-bond donors (Lipinski definition) is 1. The molecule has 3 nitrogen and oxygen atoms in total. The number of benzene rings is 1. The standard InChI is InChI=1S/C12H6Br2ClFN2O/c13-6-3-8(11(15)17-5-6)12(19)18-7-1-2-10(16)9(14)4-7/h1-5H,(H,18,19). The van der Waals surface area contributed by atoms with Crippen LogP contribution < -0.4 is 5.32 Å². The van der Waals surface area contributed by atoms with Gasteiger partial charge in [-0.3, -0.25) is 4.79 Å². The van der Waals surface area contributed by atoms with Crippen molar-refractivity contribution in [2.45, 2.75) is 0 Å². The lowest BCUT2D eigenvalue weighted by molar-refractivity contribution is 0.102. The zero-order valence-electron chi connectivity index (χ0n) is 9.25. The summed E-state index contributed by atoms with van der Waals surface area (Å²) in [6.45, 7) is 0. The van der Waals surface area contributed by atoms with Gasteiger partial charge in [-0.05, 0) is 56.1 Å². The summed E-state index contributed by atoms with van der Waals surface area (Å²) in [5.74, 6) is -0.822. The Labute approximate surface area is 130 Å². The van der Waals surface area contributed by atoms with Gasteiger partial charge in [0.1, 0.15) is 11.0 Å². The van der Waals surface area contributed by atoms with E-state index in [4.69, 9.17) is 11.6 Å². The molecule has 19 heavy (non-hydrogen) atoms. The number of halogens is 4. The number of aromatic nitrogens is 1. The van der Waals surface area contributed by atoms with Crippen LogP contribution in [0.4, 0.5) is 10.1 Å². The lowest BCUT2D eigenvalue weighted by Gasteiger charge is -2.07. The summed E-state index contributed by atoms with van der Waals surface area (Å²) in [7, 11) is 0. The first-order valence-corrected chi connectivity index (χ1v) is 7.01. The van der Waals surface area contributed by atoms with Crippen LogP contribution in [0.2, 0.25) is 5.15 Å². The first-order valence-electron chi connectivity index (χ1n) is 5.05. The van der Waals surface area contributed by atoms with Crippen molar-refractivity contribution < 1.29 is 9.18 Å². The number of rotatable bonds is 2. The molecule has 0 aliphatic carbocycles. The average Bonchev–Trinajstić information content (AvgIpc) is 2.36. The fourth-order valence-electron chi connectivity index (χ4n) is 1.35. The molecule has 98 valence electrons. The van der Waals surface area contributed by atoms with Crippen LogP contribution >= 0.6 is 43.5 Å². The van der Waals surface area contributed by atoms with Crippen LogP contribution in [0.3, 0.4) is 0 Å². The number of hydrogen-bond acceptors (Lipinski definition) is 2. The van der Waals surface area contributed by atoms with Crippen LogP contribution in [0, 0.1) is 5.82 Å². The normalized spacial score (nSPS) is 10.3. The maximum Gasteiger partial charge on any atom is 0.258 e. The summed E-state index contributed by atoms with van der Waals surface area (Å²) < 4.78 is 14.0. The number of carbonyl (C=O) groups excluding carboxylic acids is 1. The van der Waals surface area contributed by atoms with E-state index in [0.29, 0.717) is 10.2 Å². The van der Waals surface area contributed by atoms with Crippen molar-refractivity contribution in [1.82, 2.24) is 4.98 Å². The number of pyridine rings is 1. The van der Waals surface area contributed by atoms with Crippen LogP contribution in [0.1, 0.15) is 10.4 Å². The van der Waals surface area contributed by atoms with E-state index < -0.39 is 11.7 Å². The Morgan fingerprint density at radius 2 is 2.05 bits per heavy atom. The minimum atomic E-state index is -0.419. The highest BCUT2D eigenvalue weighted by atomic mass is 79.9. The summed E-state index contributed by atoms with van der Waals surface area (Å²) in [5.41, 5.74) is 0.686.